The van der Waals surface area contributed by atoms with Gasteiger partial charge in [0, 0.05) is 18.8 Å². The average molecular weight is 247 g/mol. The van der Waals surface area contributed by atoms with E-state index < -0.39 is 14.6 Å². The Morgan fingerprint density at radius 3 is 2.19 bits per heavy atom. The second-order valence-electron chi connectivity index (χ2n) is 5.67. The Hall–Kier alpha value is -0.0900. The summed E-state index contributed by atoms with van der Waals surface area (Å²) in [6.45, 7) is 6.93. The molecule has 0 aromatic heterocycles. The molecular formula is C12H25NO2S. The molecule has 0 spiro atoms. The van der Waals surface area contributed by atoms with Crippen LogP contribution >= 0.6 is 0 Å². The minimum atomic E-state index is -2.97. The van der Waals surface area contributed by atoms with Gasteiger partial charge in [0.1, 0.15) is 0 Å². The molecule has 0 amide bonds. The Labute approximate surface area is 99.9 Å². The first-order valence-corrected chi connectivity index (χ1v) is 8.09. The summed E-state index contributed by atoms with van der Waals surface area (Å²) in [4.78, 5) is 0. The quantitative estimate of drug-likeness (QED) is 0.826. The number of rotatable bonds is 4. The van der Waals surface area contributed by atoms with Crippen LogP contribution in [0.4, 0.5) is 0 Å². The van der Waals surface area contributed by atoms with Crippen LogP contribution in [0.3, 0.4) is 0 Å². The van der Waals surface area contributed by atoms with Crippen molar-refractivity contribution in [2.45, 2.75) is 57.2 Å². The van der Waals surface area contributed by atoms with Gasteiger partial charge >= 0.3 is 0 Å². The van der Waals surface area contributed by atoms with Crippen molar-refractivity contribution in [3.63, 3.8) is 0 Å². The van der Waals surface area contributed by atoms with E-state index >= 15 is 0 Å². The standard InChI is InChI=1S/C12H25NO2S/c1-10(2)13-9-12(16(4,14)15)7-5-11(3)6-8-12/h10-11,13H,5-9H2,1-4H3. The Bertz CT molecular complexity index is 314. The van der Waals surface area contributed by atoms with E-state index in [9.17, 15) is 8.42 Å². The van der Waals surface area contributed by atoms with Gasteiger partial charge in [-0.15, -0.1) is 0 Å². The molecule has 0 aromatic carbocycles. The smallest absolute Gasteiger partial charge is 0.154 e. The first kappa shape index (κ1) is 14.0. The van der Waals surface area contributed by atoms with E-state index in [-0.39, 0.29) is 0 Å². The molecule has 0 saturated heterocycles. The Morgan fingerprint density at radius 1 is 1.31 bits per heavy atom. The van der Waals surface area contributed by atoms with Crippen LogP contribution in [0.1, 0.15) is 46.5 Å². The lowest BCUT2D eigenvalue weighted by atomic mass is 9.82. The topological polar surface area (TPSA) is 46.2 Å². The number of hydrogen-bond acceptors (Lipinski definition) is 3. The maximum absolute atomic E-state index is 12.0. The van der Waals surface area contributed by atoms with Crippen molar-refractivity contribution in [3.8, 4) is 0 Å². The van der Waals surface area contributed by atoms with Crippen molar-refractivity contribution in [2.75, 3.05) is 12.8 Å². The zero-order chi connectivity index (χ0) is 12.4. The van der Waals surface area contributed by atoms with Crippen molar-refractivity contribution >= 4 is 9.84 Å². The summed E-state index contributed by atoms with van der Waals surface area (Å²) < 4.78 is 23.5. The highest BCUT2D eigenvalue weighted by Gasteiger charge is 2.42. The average Bonchev–Trinajstić information content (AvgIpc) is 2.15. The lowest BCUT2D eigenvalue weighted by Gasteiger charge is -2.38. The van der Waals surface area contributed by atoms with Crippen molar-refractivity contribution in [1.29, 1.82) is 0 Å². The van der Waals surface area contributed by atoms with Gasteiger partial charge in [-0.3, -0.25) is 0 Å². The summed E-state index contributed by atoms with van der Waals surface area (Å²) in [5.74, 6) is 0.675. The van der Waals surface area contributed by atoms with E-state index in [2.05, 4.69) is 26.1 Å². The molecule has 0 radical (unpaired) electrons. The van der Waals surface area contributed by atoms with Crippen molar-refractivity contribution in [1.82, 2.24) is 5.32 Å². The fraction of sp³-hybridized carbons (Fsp3) is 1.00. The first-order chi connectivity index (χ1) is 7.27. The van der Waals surface area contributed by atoms with Crippen LogP contribution in [0.25, 0.3) is 0 Å². The molecule has 1 rings (SSSR count). The van der Waals surface area contributed by atoms with E-state index in [0.717, 1.165) is 25.7 Å². The Kier molecular flexibility index (Phi) is 4.41. The number of nitrogens with one attached hydrogen (secondary N) is 1. The van der Waals surface area contributed by atoms with Crippen LogP contribution in [0.15, 0.2) is 0 Å². The van der Waals surface area contributed by atoms with E-state index in [4.69, 9.17) is 0 Å². The van der Waals surface area contributed by atoms with Crippen molar-refractivity contribution < 1.29 is 8.42 Å². The minimum Gasteiger partial charge on any atom is -0.313 e. The van der Waals surface area contributed by atoms with Gasteiger partial charge in [-0.1, -0.05) is 20.8 Å². The molecule has 4 heteroatoms. The zero-order valence-electron chi connectivity index (χ0n) is 10.9. The molecule has 0 unspecified atom stereocenters. The second kappa shape index (κ2) is 5.05. The molecule has 0 heterocycles. The van der Waals surface area contributed by atoms with Crippen LogP contribution in [0, 0.1) is 5.92 Å². The highest BCUT2D eigenvalue weighted by molar-refractivity contribution is 7.92. The summed E-state index contributed by atoms with van der Waals surface area (Å²) in [6.07, 6.45) is 5.09. The first-order valence-electron chi connectivity index (χ1n) is 6.20. The van der Waals surface area contributed by atoms with Gasteiger partial charge in [-0.2, -0.15) is 0 Å². The highest BCUT2D eigenvalue weighted by atomic mass is 32.2. The third-order valence-electron chi connectivity index (χ3n) is 3.80. The predicted octanol–water partition coefficient (Wildman–Crippen LogP) is 1.98. The third kappa shape index (κ3) is 3.20. The van der Waals surface area contributed by atoms with Gasteiger partial charge in [-0.05, 0) is 31.6 Å². The minimum absolute atomic E-state index is 0.345. The van der Waals surface area contributed by atoms with Crippen LogP contribution in [-0.2, 0) is 9.84 Å². The fourth-order valence-electron chi connectivity index (χ4n) is 2.36. The summed E-state index contributed by atoms with van der Waals surface area (Å²) >= 11 is 0. The lowest BCUT2D eigenvalue weighted by molar-refractivity contribution is 0.293. The molecule has 1 aliphatic carbocycles. The molecule has 3 nitrogen and oxygen atoms in total. The normalized spacial score (nSPS) is 31.9. The molecule has 0 aliphatic heterocycles. The number of sulfone groups is 1. The summed E-state index contributed by atoms with van der Waals surface area (Å²) in [6, 6.07) is 0.345. The lowest BCUT2D eigenvalue weighted by Crippen LogP contribution is -2.50. The highest BCUT2D eigenvalue weighted by Crippen LogP contribution is 2.37. The van der Waals surface area contributed by atoms with Crippen molar-refractivity contribution in [2.24, 2.45) is 5.92 Å². The molecule has 0 bridgehead atoms. The van der Waals surface area contributed by atoms with Gasteiger partial charge in [0.2, 0.25) is 0 Å². The summed E-state index contributed by atoms with van der Waals surface area (Å²) in [5, 5.41) is 3.30. The molecule has 16 heavy (non-hydrogen) atoms. The Morgan fingerprint density at radius 2 is 1.81 bits per heavy atom. The van der Waals surface area contributed by atoms with Crippen molar-refractivity contribution in [3.05, 3.63) is 0 Å². The van der Waals surface area contributed by atoms with Gasteiger partial charge < -0.3 is 5.32 Å². The van der Waals surface area contributed by atoms with E-state index in [1.807, 2.05) is 0 Å². The summed E-state index contributed by atoms with van der Waals surface area (Å²) in [7, 11) is -2.97. The number of hydrogen-bond donors (Lipinski definition) is 1. The fourth-order valence-corrected chi connectivity index (χ4v) is 3.68. The molecule has 1 saturated carbocycles. The van der Waals surface area contributed by atoms with E-state index in [1.165, 1.54) is 6.26 Å². The third-order valence-corrected chi connectivity index (χ3v) is 5.93. The van der Waals surface area contributed by atoms with Gasteiger partial charge in [0.25, 0.3) is 0 Å². The largest absolute Gasteiger partial charge is 0.313 e. The van der Waals surface area contributed by atoms with Crippen LogP contribution in [-0.4, -0.2) is 32.0 Å². The molecule has 1 aliphatic rings. The zero-order valence-corrected chi connectivity index (χ0v) is 11.7. The molecule has 0 aromatic rings. The monoisotopic (exact) mass is 247 g/mol. The van der Waals surface area contributed by atoms with Crippen LogP contribution in [0.5, 0.6) is 0 Å². The second-order valence-corrected chi connectivity index (χ2v) is 8.08. The van der Waals surface area contributed by atoms with Gasteiger partial charge in [0.15, 0.2) is 9.84 Å². The summed E-state index contributed by atoms with van der Waals surface area (Å²) in [5.41, 5.74) is 0. The maximum Gasteiger partial charge on any atom is 0.154 e. The molecule has 96 valence electrons. The van der Waals surface area contributed by atoms with Gasteiger partial charge in [-0.25, -0.2) is 8.42 Å². The Balaban J connectivity index is 2.78. The SMILES string of the molecule is CC1CCC(CNC(C)C)(S(C)(=O)=O)CC1. The maximum atomic E-state index is 12.0. The van der Waals surface area contributed by atoms with E-state index in [0.29, 0.717) is 18.5 Å². The molecule has 0 atom stereocenters. The molecule has 1 fully saturated rings. The molecule has 1 N–H and O–H groups in total. The van der Waals surface area contributed by atoms with E-state index in [1.54, 1.807) is 0 Å². The van der Waals surface area contributed by atoms with Gasteiger partial charge in [0.05, 0.1) is 4.75 Å². The van der Waals surface area contributed by atoms with Crippen LogP contribution < -0.4 is 5.32 Å². The molecular weight excluding hydrogens is 222 g/mol. The van der Waals surface area contributed by atoms with Crippen LogP contribution in [0.2, 0.25) is 0 Å². The predicted molar refractivity (Wildman–Crippen MR) is 68.3 cm³/mol.